The van der Waals surface area contributed by atoms with Gasteiger partial charge in [0, 0.05) is 17.8 Å². The van der Waals surface area contributed by atoms with Crippen molar-refractivity contribution in [1.82, 2.24) is 4.72 Å². The molecule has 1 fully saturated rings. The summed E-state index contributed by atoms with van der Waals surface area (Å²) in [6.07, 6.45) is 2.68. The number of rotatable bonds is 7. The van der Waals surface area contributed by atoms with Crippen LogP contribution >= 0.6 is 0 Å². The van der Waals surface area contributed by atoms with E-state index in [2.05, 4.69) is 10.0 Å². The first-order chi connectivity index (χ1) is 9.83. The lowest BCUT2D eigenvalue weighted by Crippen LogP contribution is -2.32. The van der Waals surface area contributed by atoms with E-state index in [4.69, 9.17) is 0 Å². The molecule has 1 atom stereocenters. The Morgan fingerprint density at radius 2 is 2.10 bits per heavy atom. The van der Waals surface area contributed by atoms with Crippen molar-refractivity contribution in [3.05, 3.63) is 23.8 Å². The van der Waals surface area contributed by atoms with Crippen molar-refractivity contribution in [2.75, 3.05) is 5.32 Å². The number of aromatic carboxylic acids is 1. The molecule has 1 aliphatic carbocycles. The van der Waals surface area contributed by atoms with E-state index in [1.807, 2.05) is 6.92 Å². The minimum absolute atomic E-state index is 0.0195. The van der Waals surface area contributed by atoms with Crippen LogP contribution in [-0.2, 0) is 10.0 Å². The van der Waals surface area contributed by atoms with Crippen LogP contribution in [0.1, 0.15) is 43.5 Å². The van der Waals surface area contributed by atoms with Crippen molar-refractivity contribution < 1.29 is 18.3 Å². The van der Waals surface area contributed by atoms with Crippen LogP contribution in [0.5, 0.6) is 0 Å². The Kier molecular flexibility index (Phi) is 4.53. The van der Waals surface area contributed by atoms with Crippen LogP contribution in [0.15, 0.2) is 23.1 Å². The lowest BCUT2D eigenvalue weighted by molar-refractivity contribution is 0.0697. The Hall–Kier alpha value is -1.60. The molecule has 0 bridgehead atoms. The number of carbonyl (C=O) groups is 1. The highest BCUT2D eigenvalue weighted by Crippen LogP contribution is 2.28. The number of carboxylic acids is 1. The van der Waals surface area contributed by atoms with Crippen LogP contribution < -0.4 is 10.0 Å². The second-order valence-electron chi connectivity index (χ2n) is 5.36. The summed E-state index contributed by atoms with van der Waals surface area (Å²) in [5, 5.41) is 12.4. The molecule has 2 rings (SSSR count). The van der Waals surface area contributed by atoms with E-state index in [0.29, 0.717) is 18.2 Å². The summed E-state index contributed by atoms with van der Waals surface area (Å²) in [5.41, 5.74) is 0.446. The van der Waals surface area contributed by atoms with Gasteiger partial charge in [0.25, 0.3) is 0 Å². The third-order valence-electron chi connectivity index (χ3n) is 3.44. The lowest BCUT2D eigenvalue weighted by atomic mass is 10.2. The summed E-state index contributed by atoms with van der Waals surface area (Å²) < 4.78 is 26.9. The molecule has 1 aliphatic rings. The maximum Gasteiger partial charge on any atom is 0.337 e. The third-order valence-corrected chi connectivity index (χ3v) is 5.02. The molecule has 0 radical (unpaired) electrons. The first-order valence-electron chi connectivity index (χ1n) is 6.99. The van der Waals surface area contributed by atoms with Crippen LogP contribution in [0.3, 0.4) is 0 Å². The van der Waals surface area contributed by atoms with Gasteiger partial charge >= 0.3 is 5.97 Å². The number of benzene rings is 1. The Morgan fingerprint density at radius 3 is 2.62 bits per heavy atom. The average Bonchev–Trinajstić information content (AvgIpc) is 3.22. The van der Waals surface area contributed by atoms with Gasteiger partial charge in [-0.15, -0.1) is 0 Å². The third kappa shape index (κ3) is 3.95. The van der Waals surface area contributed by atoms with Gasteiger partial charge in [-0.3, -0.25) is 0 Å². The van der Waals surface area contributed by atoms with E-state index in [1.165, 1.54) is 18.2 Å². The molecule has 0 amide bonds. The van der Waals surface area contributed by atoms with E-state index in [-0.39, 0.29) is 16.5 Å². The maximum absolute atomic E-state index is 12.2. The Labute approximate surface area is 124 Å². The standard InChI is InChI=1S/C14H20N2O4S/c1-3-9(2)16-21(19,20)11-6-7-13(15-10-4-5-10)12(8-11)14(17)18/h6-10,15-16H,3-5H2,1-2H3,(H,17,18)/t9-/m1/s1. The quantitative estimate of drug-likeness (QED) is 0.716. The highest BCUT2D eigenvalue weighted by Gasteiger charge is 2.25. The van der Waals surface area contributed by atoms with E-state index in [9.17, 15) is 18.3 Å². The Morgan fingerprint density at radius 1 is 1.43 bits per heavy atom. The van der Waals surface area contributed by atoms with Crippen molar-refractivity contribution in [3.63, 3.8) is 0 Å². The molecule has 6 nitrogen and oxygen atoms in total. The number of nitrogens with one attached hydrogen (secondary N) is 2. The minimum atomic E-state index is -3.70. The molecule has 0 aliphatic heterocycles. The van der Waals surface area contributed by atoms with Crippen molar-refractivity contribution in [1.29, 1.82) is 0 Å². The zero-order chi connectivity index (χ0) is 15.6. The molecule has 0 spiro atoms. The molecule has 0 heterocycles. The smallest absolute Gasteiger partial charge is 0.337 e. The van der Waals surface area contributed by atoms with E-state index >= 15 is 0 Å². The van der Waals surface area contributed by atoms with Gasteiger partial charge < -0.3 is 10.4 Å². The first kappa shape index (κ1) is 15.8. The number of carboxylic acid groups (broad SMARTS) is 1. The summed E-state index contributed by atoms with van der Waals surface area (Å²) in [7, 11) is -3.70. The summed E-state index contributed by atoms with van der Waals surface area (Å²) in [4.78, 5) is 11.3. The van der Waals surface area contributed by atoms with Crippen LogP contribution in [-0.4, -0.2) is 31.6 Å². The van der Waals surface area contributed by atoms with Gasteiger partial charge in [-0.2, -0.15) is 0 Å². The largest absolute Gasteiger partial charge is 0.478 e. The monoisotopic (exact) mass is 312 g/mol. The van der Waals surface area contributed by atoms with E-state index < -0.39 is 16.0 Å². The van der Waals surface area contributed by atoms with E-state index in [0.717, 1.165) is 12.8 Å². The fourth-order valence-electron chi connectivity index (χ4n) is 1.86. The molecule has 116 valence electrons. The van der Waals surface area contributed by atoms with Crippen LogP contribution in [0, 0.1) is 0 Å². The molecule has 1 saturated carbocycles. The van der Waals surface area contributed by atoms with Crippen molar-refractivity contribution in [2.45, 2.75) is 50.1 Å². The number of hydrogen-bond acceptors (Lipinski definition) is 4. The van der Waals surface area contributed by atoms with Crippen molar-refractivity contribution in [2.24, 2.45) is 0 Å². The topological polar surface area (TPSA) is 95.5 Å². The van der Waals surface area contributed by atoms with Crippen molar-refractivity contribution >= 4 is 21.7 Å². The lowest BCUT2D eigenvalue weighted by Gasteiger charge is -2.14. The second-order valence-corrected chi connectivity index (χ2v) is 7.08. The average molecular weight is 312 g/mol. The van der Waals surface area contributed by atoms with Crippen LogP contribution in [0.2, 0.25) is 0 Å². The van der Waals surface area contributed by atoms with Crippen LogP contribution in [0.4, 0.5) is 5.69 Å². The number of sulfonamides is 1. The predicted octanol–water partition coefficient (Wildman–Crippen LogP) is 2.04. The zero-order valence-corrected chi connectivity index (χ0v) is 12.9. The zero-order valence-electron chi connectivity index (χ0n) is 12.1. The molecular formula is C14H20N2O4S. The van der Waals surface area contributed by atoms with Gasteiger partial charge in [0.05, 0.1) is 10.5 Å². The summed E-state index contributed by atoms with van der Waals surface area (Å²) in [6, 6.07) is 4.25. The normalized spacial score (nSPS) is 16.5. The molecule has 1 aromatic carbocycles. The van der Waals surface area contributed by atoms with Crippen LogP contribution in [0.25, 0.3) is 0 Å². The van der Waals surface area contributed by atoms with Gasteiger partial charge in [-0.25, -0.2) is 17.9 Å². The van der Waals surface area contributed by atoms with Gasteiger partial charge in [0.2, 0.25) is 10.0 Å². The van der Waals surface area contributed by atoms with Gasteiger partial charge in [0.15, 0.2) is 0 Å². The Bertz CT molecular complexity index is 638. The fourth-order valence-corrected chi connectivity index (χ4v) is 3.21. The molecule has 0 aromatic heterocycles. The number of anilines is 1. The minimum Gasteiger partial charge on any atom is -0.478 e. The Balaban J connectivity index is 2.32. The van der Waals surface area contributed by atoms with Gasteiger partial charge in [-0.1, -0.05) is 6.92 Å². The predicted molar refractivity (Wildman–Crippen MR) is 80.1 cm³/mol. The van der Waals surface area contributed by atoms with Crippen molar-refractivity contribution in [3.8, 4) is 0 Å². The van der Waals surface area contributed by atoms with E-state index in [1.54, 1.807) is 6.92 Å². The molecule has 7 heteroatoms. The maximum atomic E-state index is 12.2. The second kappa shape index (κ2) is 6.03. The SMILES string of the molecule is CC[C@@H](C)NS(=O)(=O)c1ccc(NC2CC2)c(C(=O)O)c1. The summed E-state index contributed by atoms with van der Waals surface area (Å²) in [5.74, 6) is -1.14. The molecule has 0 unspecified atom stereocenters. The highest BCUT2D eigenvalue weighted by molar-refractivity contribution is 7.89. The first-order valence-corrected chi connectivity index (χ1v) is 8.48. The molecule has 1 aromatic rings. The summed E-state index contributed by atoms with van der Waals surface area (Å²) >= 11 is 0. The molecule has 3 N–H and O–H groups in total. The fraction of sp³-hybridized carbons (Fsp3) is 0.500. The molecule has 21 heavy (non-hydrogen) atoms. The van der Waals surface area contributed by atoms with Gasteiger partial charge in [-0.05, 0) is 44.4 Å². The number of hydrogen-bond donors (Lipinski definition) is 3. The summed E-state index contributed by atoms with van der Waals surface area (Å²) in [6.45, 7) is 3.64. The molecule has 0 saturated heterocycles. The highest BCUT2D eigenvalue weighted by atomic mass is 32.2. The van der Waals surface area contributed by atoms with Gasteiger partial charge in [0.1, 0.15) is 0 Å². The molecular weight excluding hydrogens is 292 g/mol.